The summed E-state index contributed by atoms with van der Waals surface area (Å²) in [5, 5.41) is 5.75. The Morgan fingerprint density at radius 2 is 1.79 bits per heavy atom. The van der Waals surface area contributed by atoms with Gasteiger partial charge in [-0.1, -0.05) is 47.7 Å². The molecule has 0 atom stereocenters. The summed E-state index contributed by atoms with van der Waals surface area (Å²) in [7, 11) is 0. The monoisotopic (exact) mass is 475 g/mol. The highest BCUT2D eigenvalue weighted by atomic mass is 32.1. The fourth-order valence-corrected chi connectivity index (χ4v) is 4.04. The van der Waals surface area contributed by atoms with E-state index in [9.17, 15) is 14.4 Å². The van der Waals surface area contributed by atoms with E-state index in [1.807, 2.05) is 37.3 Å². The van der Waals surface area contributed by atoms with E-state index in [1.54, 1.807) is 37.3 Å². The molecule has 34 heavy (non-hydrogen) atoms. The molecule has 2 amide bonds. The lowest BCUT2D eigenvalue weighted by Crippen LogP contribution is -2.15. The van der Waals surface area contributed by atoms with Crippen LogP contribution in [0, 0.1) is 6.92 Å². The van der Waals surface area contributed by atoms with Gasteiger partial charge in [-0.05, 0) is 43.7 Å². The molecule has 0 fully saturated rings. The highest BCUT2D eigenvalue weighted by Crippen LogP contribution is 2.32. The molecule has 2 aromatic heterocycles. The van der Waals surface area contributed by atoms with Gasteiger partial charge in [-0.3, -0.25) is 14.9 Å². The Labute approximate surface area is 199 Å². The number of aromatic nitrogens is 1. The van der Waals surface area contributed by atoms with E-state index in [0.29, 0.717) is 21.8 Å². The Morgan fingerprint density at radius 1 is 1.00 bits per heavy atom. The van der Waals surface area contributed by atoms with E-state index in [0.717, 1.165) is 22.5 Å². The molecule has 0 bridgehead atoms. The molecule has 4 aromatic rings. The highest BCUT2D eigenvalue weighted by Gasteiger charge is 2.22. The van der Waals surface area contributed by atoms with Crippen LogP contribution in [0.4, 0.5) is 10.8 Å². The first-order valence-electron chi connectivity index (χ1n) is 10.5. The van der Waals surface area contributed by atoms with Gasteiger partial charge in [-0.15, -0.1) is 0 Å². The van der Waals surface area contributed by atoms with E-state index in [1.165, 1.54) is 6.26 Å². The van der Waals surface area contributed by atoms with Gasteiger partial charge in [0, 0.05) is 16.8 Å². The van der Waals surface area contributed by atoms with Crippen molar-refractivity contribution in [3.63, 3.8) is 0 Å². The van der Waals surface area contributed by atoms with Gasteiger partial charge in [0.05, 0.1) is 18.6 Å². The SMILES string of the molecule is CCOC(=O)c1sc(NC(=O)c2ccc(C)c(NC(=O)c3ccco3)c2)nc1-c1ccccc1. The number of nitrogens with one attached hydrogen (secondary N) is 2. The van der Waals surface area contributed by atoms with E-state index >= 15 is 0 Å². The van der Waals surface area contributed by atoms with Gasteiger partial charge < -0.3 is 14.5 Å². The second-order valence-electron chi connectivity index (χ2n) is 7.20. The number of thiazole rings is 1. The largest absolute Gasteiger partial charge is 0.462 e. The topological polar surface area (TPSA) is 111 Å². The maximum absolute atomic E-state index is 13.0. The molecule has 0 spiro atoms. The molecule has 0 aliphatic heterocycles. The van der Waals surface area contributed by atoms with Crippen molar-refractivity contribution in [2.24, 2.45) is 0 Å². The molecular formula is C25H21N3O5S. The van der Waals surface area contributed by atoms with E-state index in [-0.39, 0.29) is 17.5 Å². The van der Waals surface area contributed by atoms with E-state index in [2.05, 4.69) is 15.6 Å². The first kappa shape index (κ1) is 22.9. The maximum Gasteiger partial charge on any atom is 0.350 e. The van der Waals surface area contributed by atoms with Crippen molar-refractivity contribution in [1.29, 1.82) is 0 Å². The van der Waals surface area contributed by atoms with Crippen LogP contribution in [0.15, 0.2) is 71.3 Å². The lowest BCUT2D eigenvalue weighted by Gasteiger charge is -2.09. The number of hydrogen-bond donors (Lipinski definition) is 2. The normalized spacial score (nSPS) is 10.5. The van der Waals surface area contributed by atoms with Gasteiger partial charge in [-0.2, -0.15) is 0 Å². The molecule has 2 N–H and O–H groups in total. The van der Waals surface area contributed by atoms with Crippen molar-refractivity contribution < 1.29 is 23.5 Å². The number of anilines is 2. The van der Waals surface area contributed by atoms with Crippen LogP contribution < -0.4 is 10.6 Å². The fourth-order valence-electron chi connectivity index (χ4n) is 3.16. The lowest BCUT2D eigenvalue weighted by atomic mass is 10.1. The van der Waals surface area contributed by atoms with Gasteiger partial charge in [0.25, 0.3) is 11.8 Å². The number of carbonyl (C=O) groups is 3. The molecule has 2 aromatic carbocycles. The first-order valence-corrected chi connectivity index (χ1v) is 11.3. The van der Waals surface area contributed by atoms with Crippen molar-refractivity contribution in [3.8, 4) is 11.3 Å². The maximum atomic E-state index is 13.0. The third-order valence-electron chi connectivity index (χ3n) is 4.85. The van der Waals surface area contributed by atoms with Crippen LogP contribution in [0.25, 0.3) is 11.3 Å². The minimum Gasteiger partial charge on any atom is -0.462 e. The second-order valence-corrected chi connectivity index (χ2v) is 8.20. The zero-order valence-corrected chi connectivity index (χ0v) is 19.3. The molecular weight excluding hydrogens is 454 g/mol. The second kappa shape index (κ2) is 10.1. The minimum absolute atomic E-state index is 0.164. The van der Waals surface area contributed by atoms with Crippen LogP contribution in [-0.4, -0.2) is 29.4 Å². The zero-order valence-electron chi connectivity index (χ0n) is 18.5. The number of amides is 2. The molecule has 0 saturated heterocycles. The molecule has 0 saturated carbocycles. The van der Waals surface area contributed by atoms with E-state index < -0.39 is 17.8 Å². The van der Waals surface area contributed by atoms with Gasteiger partial charge in [0.15, 0.2) is 10.9 Å². The number of furan rings is 1. The summed E-state index contributed by atoms with van der Waals surface area (Å²) in [6, 6.07) is 17.3. The summed E-state index contributed by atoms with van der Waals surface area (Å²) < 4.78 is 10.3. The molecule has 0 radical (unpaired) electrons. The molecule has 9 heteroatoms. The van der Waals surface area contributed by atoms with Crippen LogP contribution in [0.3, 0.4) is 0 Å². The number of ether oxygens (including phenoxy) is 1. The third-order valence-corrected chi connectivity index (χ3v) is 5.80. The number of nitrogens with zero attached hydrogens (tertiary/aromatic N) is 1. The molecule has 0 unspecified atom stereocenters. The van der Waals surface area contributed by atoms with Crippen molar-refractivity contribution in [2.45, 2.75) is 13.8 Å². The average Bonchev–Trinajstić information content (AvgIpc) is 3.52. The standard InChI is InChI=1S/C25H21N3O5S/c1-3-32-24(31)21-20(16-8-5-4-6-9-16)27-25(34-21)28-22(29)17-12-11-15(2)18(14-17)26-23(30)19-10-7-13-33-19/h4-14H,3H2,1-2H3,(H,26,30)(H,27,28,29). The van der Waals surface area contributed by atoms with Crippen LogP contribution in [0.2, 0.25) is 0 Å². The van der Waals surface area contributed by atoms with Gasteiger partial charge in [0.2, 0.25) is 0 Å². The Bertz CT molecular complexity index is 1330. The van der Waals surface area contributed by atoms with Gasteiger partial charge >= 0.3 is 5.97 Å². The number of hydrogen-bond acceptors (Lipinski definition) is 7. The smallest absolute Gasteiger partial charge is 0.350 e. The first-order chi connectivity index (χ1) is 16.5. The van der Waals surface area contributed by atoms with Crippen molar-refractivity contribution >= 4 is 39.9 Å². The molecule has 0 aliphatic carbocycles. The van der Waals surface area contributed by atoms with Crippen molar-refractivity contribution in [2.75, 3.05) is 17.2 Å². The van der Waals surface area contributed by atoms with Crippen molar-refractivity contribution in [1.82, 2.24) is 4.98 Å². The number of benzene rings is 2. The van der Waals surface area contributed by atoms with Crippen LogP contribution >= 0.6 is 11.3 Å². The van der Waals surface area contributed by atoms with Crippen molar-refractivity contribution in [3.05, 3.63) is 88.7 Å². The Kier molecular flexibility index (Phi) is 6.84. The van der Waals surface area contributed by atoms with Gasteiger partial charge in [-0.25, -0.2) is 9.78 Å². The third kappa shape index (κ3) is 5.05. The number of carbonyl (C=O) groups excluding carboxylic acids is 3. The van der Waals surface area contributed by atoms with Crippen LogP contribution in [0.1, 0.15) is 43.1 Å². The number of rotatable bonds is 7. The molecule has 0 aliphatic rings. The number of esters is 1. The molecule has 4 rings (SSSR count). The summed E-state index contributed by atoms with van der Waals surface area (Å²) in [6.45, 7) is 3.77. The fraction of sp³-hybridized carbons (Fsp3) is 0.120. The summed E-state index contributed by atoms with van der Waals surface area (Å²) in [6.07, 6.45) is 1.41. The molecule has 172 valence electrons. The predicted molar refractivity (Wildman–Crippen MR) is 129 cm³/mol. The molecule has 2 heterocycles. The minimum atomic E-state index is -0.502. The summed E-state index contributed by atoms with van der Waals surface area (Å²) in [5.41, 5.74) is 2.75. The zero-order chi connectivity index (χ0) is 24.1. The average molecular weight is 476 g/mol. The van der Waals surface area contributed by atoms with E-state index in [4.69, 9.17) is 9.15 Å². The quantitative estimate of drug-likeness (QED) is 0.347. The number of aryl methyl sites for hydroxylation is 1. The lowest BCUT2D eigenvalue weighted by molar-refractivity contribution is 0.0532. The summed E-state index contributed by atoms with van der Waals surface area (Å²) >= 11 is 1.04. The Balaban J connectivity index is 1.58. The predicted octanol–water partition coefficient (Wildman–Crippen LogP) is 5.39. The Morgan fingerprint density at radius 3 is 2.50 bits per heavy atom. The van der Waals surface area contributed by atoms with Crippen LogP contribution in [-0.2, 0) is 4.74 Å². The summed E-state index contributed by atoms with van der Waals surface area (Å²) in [4.78, 5) is 42.5. The highest BCUT2D eigenvalue weighted by molar-refractivity contribution is 7.18. The Hall–Kier alpha value is -4.24. The van der Waals surface area contributed by atoms with Crippen LogP contribution in [0.5, 0.6) is 0 Å². The summed E-state index contributed by atoms with van der Waals surface area (Å²) in [5.74, 6) is -1.19. The van der Waals surface area contributed by atoms with Gasteiger partial charge in [0.1, 0.15) is 4.88 Å². The molecule has 8 nitrogen and oxygen atoms in total.